The third-order valence-electron chi connectivity index (χ3n) is 4.92. The third kappa shape index (κ3) is 2.54. The van der Waals surface area contributed by atoms with Crippen molar-refractivity contribution in [1.29, 1.82) is 0 Å². The third-order valence-corrected chi connectivity index (χ3v) is 4.92. The average Bonchev–Trinajstić information content (AvgIpc) is 3.29. The van der Waals surface area contributed by atoms with E-state index in [2.05, 4.69) is 5.32 Å². The summed E-state index contributed by atoms with van der Waals surface area (Å²) < 4.78 is 2.01. The van der Waals surface area contributed by atoms with E-state index in [-0.39, 0.29) is 30.9 Å². The number of amides is 4. The van der Waals surface area contributed by atoms with E-state index in [0.29, 0.717) is 6.54 Å². The highest BCUT2D eigenvalue weighted by atomic mass is 16.2. The monoisotopic (exact) mass is 341 g/mol. The Balaban J connectivity index is 1.59. The quantitative estimate of drug-likeness (QED) is 0.836. The number of rotatable bonds is 3. The Morgan fingerprint density at radius 1 is 1.32 bits per heavy atom. The fourth-order valence-electron chi connectivity index (χ4n) is 3.64. The fraction of sp³-hybridized carbons (Fsp3) is 0.412. The van der Waals surface area contributed by atoms with E-state index in [4.69, 9.17) is 4.98 Å². The Kier molecular flexibility index (Phi) is 3.67. The van der Waals surface area contributed by atoms with Gasteiger partial charge in [-0.3, -0.25) is 14.5 Å². The van der Waals surface area contributed by atoms with E-state index in [1.54, 1.807) is 4.90 Å². The maximum atomic E-state index is 12.7. The Bertz CT molecular complexity index is 858. The number of aromatic nitrogens is 2. The largest absolute Gasteiger partial charge is 0.331 e. The van der Waals surface area contributed by atoms with Crippen molar-refractivity contribution >= 4 is 28.9 Å². The van der Waals surface area contributed by atoms with Crippen molar-refractivity contribution in [1.82, 2.24) is 24.7 Å². The summed E-state index contributed by atoms with van der Waals surface area (Å²) in [5, 5.41) is 2.44. The van der Waals surface area contributed by atoms with Gasteiger partial charge in [0.2, 0.25) is 5.91 Å². The minimum Gasteiger partial charge on any atom is -0.331 e. The first-order valence-electron chi connectivity index (χ1n) is 8.35. The van der Waals surface area contributed by atoms with E-state index < -0.39 is 6.03 Å². The summed E-state index contributed by atoms with van der Waals surface area (Å²) in [6.45, 7) is 0.349. The number of nitrogens with one attached hydrogen (secondary N) is 1. The summed E-state index contributed by atoms with van der Waals surface area (Å²) in [6, 6.07) is 7.22. The zero-order chi connectivity index (χ0) is 17.6. The van der Waals surface area contributed by atoms with Crippen LogP contribution in [0.15, 0.2) is 24.3 Å². The summed E-state index contributed by atoms with van der Waals surface area (Å²) in [7, 11) is 1.95. The molecule has 2 aliphatic heterocycles. The van der Waals surface area contributed by atoms with Gasteiger partial charge >= 0.3 is 6.03 Å². The molecule has 1 N–H and O–H groups in total. The predicted octanol–water partition coefficient (Wildman–Crippen LogP) is 0.789. The lowest BCUT2D eigenvalue weighted by atomic mass is 10.2. The number of nitrogens with zero attached hydrogens (tertiary/aromatic N) is 4. The molecule has 0 spiro atoms. The SMILES string of the molecule is Cn1c([C@@H]2CCCN2C(=O)CN2C(=O)CNC2=O)nc2ccccc21. The molecule has 1 aromatic carbocycles. The predicted molar refractivity (Wildman–Crippen MR) is 89.5 cm³/mol. The molecule has 2 aromatic rings. The van der Waals surface area contributed by atoms with Crippen LogP contribution in [-0.4, -0.2) is 56.8 Å². The molecule has 25 heavy (non-hydrogen) atoms. The van der Waals surface area contributed by atoms with Crippen molar-refractivity contribution in [2.75, 3.05) is 19.6 Å². The van der Waals surface area contributed by atoms with Crippen LogP contribution in [0.1, 0.15) is 24.7 Å². The smallest absolute Gasteiger partial charge is 0.325 e. The van der Waals surface area contributed by atoms with Crippen molar-refractivity contribution in [3.8, 4) is 0 Å². The number of hydrogen-bond donors (Lipinski definition) is 1. The van der Waals surface area contributed by atoms with E-state index in [1.165, 1.54) is 0 Å². The molecule has 130 valence electrons. The Labute approximate surface area is 144 Å². The number of aryl methyl sites for hydroxylation is 1. The highest BCUT2D eigenvalue weighted by Crippen LogP contribution is 2.33. The Morgan fingerprint density at radius 3 is 2.84 bits per heavy atom. The molecule has 3 heterocycles. The number of fused-ring (bicyclic) bond motifs is 1. The molecule has 2 fully saturated rings. The zero-order valence-corrected chi connectivity index (χ0v) is 13.9. The molecule has 2 saturated heterocycles. The summed E-state index contributed by atoms with van der Waals surface area (Å²) in [4.78, 5) is 43.5. The van der Waals surface area contributed by atoms with Gasteiger partial charge in [0.25, 0.3) is 5.91 Å². The average molecular weight is 341 g/mol. The number of para-hydroxylation sites is 2. The number of likely N-dealkylation sites (tertiary alicyclic amines) is 1. The van der Waals surface area contributed by atoms with Gasteiger partial charge in [-0.25, -0.2) is 9.78 Å². The minimum atomic E-state index is -0.503. The van der Waals surface area contributed by atoms with Gasteiger partial charge < -0.3 is 14.8 Å². The minimum absolute atomic E-state index is 0.0414. The van der Waals surface area contributed by atoms with Crippen molar-refractivity contribution in [2.45, 2.75) is 18.9 Å². The van der Waals surface area contributed by atoms with Crippen LogP contribution in [0.4, 0.5) is 4.79 Å². The molecular weight excluding hydrogens is 322 g/mol. The summed E-state index contributed by atoms with van der Waals surface area (Å²) >= 11 is 0. The highest BCUT2D eigenvalue weighted by molar-refractivity contribution is 6.04. The highest BCUT2D eigenvalue weighted by Gasteiger charge is 2.37. The normalized spacial score (nSPS) is 20.6. The second kappa shape index (κ2) is 5.87. The number of benzene rings is 1. The van der Waals surface area contributed by atoms with Crippen LogP contribution in [0.2, 0.25) is 0 Å². The van der Waals surface area contributed by atoms with Crippen LogP contribution in [0.25, 0.3) is 11.0 Å². The van der Waals surface area contributed by atoms with E-state index in [1.807, 2.05) is 35.9 Å². The number of carbonyl (C=O) groups excluding carboxylic acids is 3. The molecule has 0 bridgehead atoms. The van der Waals surface area contributed by atoms with Crippen LogP contribution in [-0.2, 0) is 16.6 Å². The lowest BCUT2D eigenvalue weighted by Crippen LogP contribution is -2.43. The molecule has 8 nitrogen and oxygen atoms in total. The number of imide groups is 1. The fourth-order valence-corrected chi connectivity index (χ4v) is 3.64. The maximum Gasteiger partial charge on any atom is 0.325 e. The summed E-state index contributed by atoms with van der Waals surface area (Å²) in [6.07, 6.45) is 1.70. The van der Waals surface area contributed by atoms with Crippen molar-refractivity contribution in [2.24, 2.45) is 7.05 Å². The Morgan fingerprint density at radius 2 is 2.12 bits per heavy atom. The molecule has 8 heteroatoms. The van der Waals surface area contributed by atoms with Gasteiger partial charge in [0.1, 0.15) is 12.4 Å². The maximum absolute atomic E-state index is 12.7. The van der Waals surface area contributed by atoms with Crippen LogP contribution >= 0.6 is 0 Å². The summed E-state index contributed by atoms with van der Waals surface area (Å²) in [5.74, 6) is 0.251. The van der Waals surface area contributed by atoms with Gasteiger partial charge in [-0.15, -0.1) is 0 Å². The van der Waals surface area contributed by atoms with Gasteiger partial charge in [0.05, 0.1) is 23.6 Å². The molecule has 4 rings (SSSR count). The van der Waals surface area contributed by atoms with Crippen molar-refractivity contribution in [3.63, 3.8) is 0 Å². The molecule has 0 radical (unpaired) electrons. The Hall–Kier alpha value is -2.90. The first-order chi connectivity index (χ1) is 12.1. The molecule has 0 unspecified atom stereocenters. The van der Waals surface area contributed by atoms with Gasteiger partial charge in [0, 0.05) is 13.6 Å². The standard InChI is InChI=1S/C17H19N5O3/c1-20-12-6-3-2-5-11(12)19-16(20)13-7-4-8-21(13)15(24)10-22-14(23)9-18-17(22)25/h2-3,5-6,13H,4,7-10H2,1H3,(H,18,25)/t13-/m0/s1. The number of urea groups is 1. The molecule has 0 saturated carbocycles. The first kappa shape index (κ1) is 15.6. The lowest BCUT2D eigenvalue weighted by molar-refractivity contribution is -0.137. The molecule has 2 aliphatic rings. The van der Waals surface area contributed by atoms with Crippen molar-refractivity contribution in [3.05, 3.63) is 30.1 Å². The van der Waals surface area contributed by atoms with Crippen LogP contribution in [0.3, 0.4) is 0 Å². The van der Waals surface area contributed by atoms with Gasteiger partial charge in [0.15, 0.2) is 0 Å². The second-order valence-corrected chi connectivity index (χ2v) is 6.40. The number of imidazole rings is 1. The molecule has 1 aromatic heterocycles. The van der Waals surface area contributed by atoms with Gasteiger partial charge in [-0.1, -0.05) is 12.1 Å². The first-order valence-corrected chi connectivity index (χ1v) is 8.35. The number of carbonyl (C=O) groups is 3. The van der Waals surface area contributed by atoms with Gasteiger partial charge in [-0.2, -0.15) is 0 Å². The molecule has 0 aliphatic carbocycles. The van der Waals surface area contributed by atoms with Crippen LogP contribution < -0.4 is 5.32 Å². The number of hydrogen-bond acceptors (Lipinski definition) is 4. The van der Waals surface area contributed by atoms with Crippen molar-refractivity contribution < 1.29 is 14.4 Å². The summed E-state index contributed by atoms with van der Waals surface area (Å²) in [5.41, 5.74) is 1.92. The molecule has 4 amide bonds. The van der Waals surface area contributed by atoms with Crippen LogP contribution in [0, 0.1) is 0 Å². The molecular formula is C17H19N5O3. The topological polar surface area (TPSA) is 87.5 Å². The van der Waals surface area contributed by atoms with Crippen LogP contribution in [0.5, 0.6) is 0 Å². The van der Waals surface area contributed by atoms with Gasteiger partial charge in [-0.05, 0) is 25.0 Å². The van der Waals surface area contributed by atoms with E-state index in [0.717, 1.165) is 34.6 Å². The van der Waals surface area contributed by atoms with E-state index in [9.17, 15) is 14.4 Å². The second-order valence-electron chi connectivity index (χ2n) is 6.40. The zero-order valence-electron chi connectivity index (χ0n) is 13.9. The van der Waals surface area contributed by atoms with E-state index >= 15 is 0 Å². The molecule has 1 atom stereocenters. The lowest BCUT2D eigenvalue weighted by Gasteiger charge is -2.26.